The average Bonchev–Trinajstić information content (AvgIpc) is 2.22. The summed E-state index contributed by atoms with van der Waals surface area (Å²) in [5.74, 6) is 0. The van der Waals surface area contributed by atoms with Crippen molar-refractivity contribution in [1.82, 2.24) is 9.38 Å². The van der Waals surface area contributed by atoms with Crippen molar-refractivity contribution < 1.29 is 13.2 Å². The third kappa shape index (κ3) is 1.56. The SMILES string of the molecule is Cc1c(C(F)(F)F)cc2ccncn2c1=O. The lowest BCUT2D eigenvalue weighted by Gasteiger charge is -2.11. The predicted molar refractivity (Wildman–Crippen MR) is 51.2 cm³/mol. The molecule has 0 aromatic carbocycles. The predicted octanol–water partition coefficient (Wildman–Crippen LogP) is 2.02. The first-order chi connectivity index (χ1) is 7.41. The van der Waals surface area contributed by atoms with Gasteiger partial charge < -0.3 is 0 Å². The van der Waals surface area contributed by atoms with Gasteiger partial charge in [-0.15, -0.1) is 0 Å². The Labute approximate surface area is 88.2 Å². The fourth-order valence-corrected chi connectivity index (χ4v) is 1.51. The summed E-state index contributed by atoms with van der Waals surface area (Å²) < 4.78 is 38.9. The number of aromatic nitrogens is 2. The van der Waals surface area contributed by atoms with Gasteiger partial charge in [-0.25, -0.2) is 4.98 Å². The molecule has 0 fully saturated rings. The van der Waals surface area contributed by atoms with E-state index in [4.69, 9.17) is 0 Å². The first kappa shape index (κ1) is 10.7. The Balaban J connectivity index is 2.90. The summed E-state index contributed by atoms with van der Waals surface area (Å²) in [5.41, 5.74) is -1.74. The van der Waals surface area contributed by atoms with Gasteiger partial charge in [-0.1, -0.05) is 0 Å². The van der Waals surface area contributed by atoms with Crippen LogP contribution in [-0.2, 0) is 6.18 Å². The van der Waals surface area contributed by atoms with E-state index in [-0.39, 0.29) is 11.1 Å². The minimum atomic E-state index is -4.51. The van der Waals surface area contributed by atoms with Crippen LogP contribution in [0.4, 0.5) is 13.2 Å². The Morgan fingerprint density at radius 3 is 2.69 bits per heavy atom. The molecule has 0 amide bonds. The maximum atomic E-state index is 12.6. The summed E-state index contributed by atoms with van der Waals surface area (Å²) in [6.45, 7) is 1.16. The number of nitrogens with zero attached hydrogens (tertiary/aromatic N) is 2. The monoisotopic (exact) mass is 228 g/mol. The van der Waals surface area contributed by atoms with Gasteiger partial charge in [0.05, 0.1) is 11.1 Å². The molecule has 0 aliphatic heterocycles. The van der Waals surface area contributed by atoms with E-state index in [1.807, 2.05) is 0 Å². The van der Waals surface area contributed by atoms with E-state index in [1.165, 1.54) is 18.6 Å². The zero-order chi connectivity index (χ0) is 11.9. The summed E-state index contributed by atoms with van der Waals surface area (Å²) >= 11 is 0. The molecule has 0 spiro atoms. The number of pyridine rings is 1. The summed E-state index contributed by atoms with van der Waals surface area (Å²) in [7, 11) is 0. The van der Waals surface area contributed by atoms with Crippen LogP contribution in [0.15, 0.2) is 29.5 Å². The van der Waals surface area contributed by atoms with E-state index in [0.717, 1.165) is 17.4 Å². The van der Waals surface area contributed by atoms with Crippen molar-refractivity contribution >= 4 is 5.52 Å². The molecule has 0 saturated heterocycles. The Kier molecular flexibility index (Phi) is 2.22. The molecule has 0 aliphatic rings. The summed E-state index contributed by atoms with van der Waals surface area (Å²) in [5, 5.41) is 0. The maximum Gasteiger partial charge on any atom is 0.416 e. The van der Waals surface area contributed by atoms with E-state index >= 15 is 0 Å². The number of hydrogen-bond donors (Lipinski definition) is 0. The number of hydrogen-bond acceptors (Lipinski definition) is 2. The largest absolute Gasteiger partial charge is 0.416 e. The molecular weight excluding hydrogens is 221 g/mol. The minimum absolute atomic E-state index is 0.179. The van der Waals surface area contributed by atoms with Gasteiger partial charge in [0.1, 0.15) is 6.33 Å². The Bertz CT molecular complexity index is 601. The second-order valence-electron chi connectivity index (χ2n) is 3.36. The normalized spacial score (nSPS) is 12.0. The molecule has 2 rings (SSSR count). The van der Waals surface area contributed by atoms with E-state index < -0.39 is 17.3 Å². The molecule has 2 heterocycles. The Morgan fingerprint density at radius 2 is 2.06 bits per heavy atom. The van der Waals surface area contributed by atoms with Crippen molar-refractivity contribution in [2.45, 2.75) is 13.1 Å². The van der Waals surface area contributed by atoms with Crippen LogP contribution in [0.1, 0.15) is 11.1 Å². The van der Waals surface area contributed by atoms with Crippen molar-refractivity contribution in [3.8, 4) is 0 Å². The van der Waals surface area contributed by atoms with E-state index in [1.54, 1.807) is 0 Å². The molecule has 16 heavy (non-hydrogen) atoms. The fourth-order valence-electron chi connectivity index (χ4n) is 1.51. The van der Waals surface area contributed by atoms with Crippen LogP contribution in [0.25, 0.3) is 5.52 Å². The third-order valence-electron chi connectivity index (χ3n) is 2.33. The van der Waals surface area contributed by atoms with Crippen LogP contribution >= 0.6 is 0 Å². The number of alkyl halides is 3. The molecule has 0 atom stereocenters. The number of fused-ring (bicyclic) bond motifs is 1. The molecule has 0 aliphatic carbocycles. The molecule has 2 aromatic rings. The second-order valence-corrected chi connectivity index (χ2v) is 3.36. The molecule has 0 bridgehead atoms. The van der Waals surface area contributed by atoms with Gasteiger partial charge in [0, 0.05) is 11.8 Å². The Morgan fingerprint density at radius 1 is 1.38 bits per heavy atom. The molecule has 6 heteroatoms. The van der Waals surface area contributed by atoms with E-state index in [9.17, 15) is 18.0 Å². The summed E-state index contributed by atoms with van der Waals surface area (Å²) in [6, 6.07) is 2.30. The topological polar surface area (TPSA) is 34.4 Å². The van der Waals surface area contributed by atoms with Crippen LogP contribution in [0.5, 0.6) is 0 Å². The van der Waals surface area contributed by atoms with Crippen molar-refractivity contribution in [3.63, 3.8) is 0 Å². The second kappa shape index (κ2) is 3.33. The standard InChI is InChI=1S/C10H7F3N2O/c1-6-8(10(11,12)13)4-7-2-3-14-5-15(7)9(6)16/h2-5H,1H3. The summed E-state index contributed by atoms with van der Waals surface area (Å²) in [4.78, 5) is 15.3. The molecule has 0 N–H and O–H groups in total. The molecular formula is C10H7F3N2O. The lowest BCUT2D eigenvalue weighted by atomic mass is 10.1. The van der Waals surface area contributed by atoms with Crippen molar-refractivity contribution in [1.29, 1.82) is 0 Å². The van der Waals surface area contributed by atoms with Crippen LogP contribution < -0.4 is 5.56 Å². The van der Waals surface area contributed by atoms with Crippen molar-refractivity contribution in [2.24, 2.45) is 0 Å². The molecule has 2 aromatic heterocycles. The average molecular weight is 228 g/mol. The molecule has 3 nitrogen and oxygen atoms in total. The van der Waals surface area contributed by atoms with Gasteiger partial charge in [-0.05, 0) is 19.1 Å². The zero-order valence-electron chi connectivity index (χ0n) is 8.25. The number of halogens is 3. The van der Waals surface area contributed by atoms with Gasteiger partial charge in [-0.3, -0.25) is 9.20 Å². The first-order valence-electron chi connectivity index (χ1n) is 4.44. The fraction of sp³-hybridized carbons (Fsp3) is 0.200. The smallest absolute Gasteiger partial charge is 0.269 e. The lowest BCUT2D eigenvalue weighted by Crippen LogP contribution is -2.22. The van der Waals surface area contributed by atoms with Crippen LogP contribution in [0.2, 0.25) is 0 Å². The molecule has 84 valence electrons. The highest BCUT2D eigenvalue weighted by Gasteiger charge is 2.33. The highest BCUT2D eigenvalue weighted by Crippen LogP contribution is 2.31. The van der Waals surface area contributed by atoms with Gasteiger partial charge in [0.15, 0.2) is 0 Å². The van der Waals surface area contributed by atoms with Gasteiger partial charge in [0.25, 0.3) is 5.56 Å². The van der Waals surface area contributed by atoms with Crippen LogP contribution in [-0.4, -0.2) is 9.38 Å². The zero-order valence-corrected chi connectivity index (χ0v) is 8.25. The van der Waals surface area contributed by atoms with E-state index in [0.29, 0.717) is 0 Å². The third-order valence-corrected chi connectivity index (χ3v) is 2.33. The van der Waals surface area contributed by atoms with Crippen LogP contribution in [0.3, 0.4) is 0 Å². The van der Waals surface area contributed by atoms with Gasteiger partial charge in [0.2, 0.25) is 0 Å². The molecule has 0 radical (unpaired) electrons. The number of rotatable bonds is 0. The summed E-state index contributed by atoms with van der Waals surface area (Å²) in [6.07, 6.45) is -1.98. The lowest BCUT2D eigenvalue weighted by molar-refractivity contribution is -0.138. The highest BCUT2D eigenvalue weighted by atomic mass is 19.4. The minimum Gasteiger partial charge on any atom is -0.269 e. The van der Waals surface area contributed by atoms with E-state index in [2.05, 4.69) is 4.98 Å². The quantitative estimate of drug-likeness (QED) is 0.691. The van der Waals surface area contributed by atoms with Crippen molar-refractivity contribution in [3.05, 3.63) is 46.1 Å². The van der Waals surface area contributed by atoms with Gasteiger partial charge in [-0.2, -0.15) is 13.2 Å². The van der Waals surface area contributed by atoms with Crippen molar-refractivity contribution in [2.75, 3.05) is 0 Å². The van der Waals surface area contributed by atoms with Crippen LogP contribution in [0, 0.1) is 6.92 Å². The Hall–Kier alpha value is -1.85. The maximum absolute atomic E-state index is 12.6. The van der Waals surface area contributed by atoms with Gasteiger partial charge >= 0.3 is 6.18 Å². The molecule has 0 unspecified atom stereocenters. The molecule has 0 saturated carbocycles. The first-order valence-corrected chi connectivity index (χ1v) is 4.44. The highest BCUT2D eigenvalue weighted by molar-refractivity contribution is 5.50.